The quantitative estimate of drug-likeness (QED) is 0.261. The summed E-state index contributed by atoms with van der Waals surface area (Å²) < 4.78 is 4.34. The average Bonchev–Trinajstić information content (AvgIpc) is 3.22. The van der Waals surface area contributed by atoms with Gasteiger partial charge in [-0.1, -0.05) is 52.4 Å². The highest BCUT2D eigenvalue weighted by atomic mass is 16.3. The first kappa shape index (κ1) is 28.7. The minimum Gasteiger partial charge on any atom is -0.396 e. The van der Waals surface area contributed by atoms with Gasteiger partial charge in [-0.25, -0.2) is 9.78 Å². The van der Waals surface area contributed by atoms with Crippen LogP contribution in [0.4, 0.5) is 0 Å². The maximum Gasteiger partial charge on any atom is 0.332 e. The Hall–Kier alpha value is -2.50. The topological polar surface area (TPSA) is 152 Å². The third kappa shape index (κ3) is 7.49. The first-order chi connectivity index (χ1) is 16.5. The van der Waals surface area contributed by atoms with E-state index in [9.17, 15) is 29.7 Å². The van der Waals surface area contributed by atoms with Crippen molar-refractivity contribution in [3.8, 4) is 0 Å². The molecule has 1 amide bonds. The minimum absolute atomic E-state index is 0.0703. The van der Waals surface area contributed by atoms with Gasteiger partial charge in [0.25, 0.3) is 5.56 Å². The van der Waals surface area contributed by atoms with E-state index < -0.39 is 23.5 Å². The van der Waals surface area contributed by atoms with Crippen LogP contribution in [0.15, 0.2) is 15.9 Å². The first-order valence-corrected chi connectivity index (χ1v) is 12.4. The van der Waals surface area contributed by atoms with E-state index in [0.717, 1.165) is 44.9 Å². The number of fused-ring (bicyclic) bond motifs is 1. The van der Waals surface area contributed by atoms with Crippen molar-refractivity contribution in [2.75, 3.05) is 13.2 Å². The number of aryl methyl sites for hydroxylation is 2. The number of carbonyl (C=O) groups excluding carboxylic acids is 1. The third-order valence-electron chi connectivity index (χ3n) is 6.53. The summed E-state index contributed by atoms with van der Waals surface area (Å²) in [5.41, 5.74) is -0.756. The maximum absolute atomic E-state index is 12.7. The molecule has 2 unspecified atom stereocenters. The normalized spacial score (nSPS) is 13.8. The molecule has 11 heteroatoms. The molecule has 0 radical (unpaired) electrons. The van der Waals surface area contributed by atoms with Gasteiger partial charge >= 0.3 is 5.69 Å². The zero-order valence-electron chi connectivity index (χ0n) is 21.4. The fraction of sp³-hybridized carbons (Fsp3) is 0.750. The predicted octanol–water partition coefficient (Wildman–Crippen LogP) is 0.411. The van der Waals surface area contributed by atoms with Crippen LogP contribution in [-0.2, 0) is 25.4 Å². The van der Waals surface area contributed by atoms with Gasteiger partial charge in [0.2, 0.25) is 5.91 Å². The minimum atomic E-state index is -1.33. The number of hydrogen-bond donors (Lipinski definition) is 4. The lowest BCUT2D eigenvalue weighted by Crippen LogP contribution is -2.47. The molecule has 0 saturated heterocycles. The predicted molar refractivity (Wildman–Crippen MR) is 133 cm³/mol. The van der Waals surface area contributed by atoms with Crippen molar-refractivity contribution >= 4 is 17.1 Å². The number of imidazole rings is 1. The van der Waals surface area contributed by atoms with E-state index in [1.54, 1.807) is 32.5 Å². The summed E-state index contributed by atoms with van der Waals surface area (Å²) in [4.78, 5) is 41.2. The number of aromatic nitrogens is 4. The Balaban J connectivity index is 1.60. The number of carbonyl (C=O) groups is 1. The SMILES string of the molecule is Cn1cnc2c1c(=O)n(CCCCCCCCCC(O)CNC(=O)C(O)C(C)(C)CO)c(=O)n2C. The third-order valence-corrected chi connectivity index (χ3v) is 6.53. The molecule has 0 saturated carbocycles. The maximum atomic E-state index is 12.7. The van der Waals surface area contributed by atoms with E-state index in [2.05, 4.69) is 10.3 Å². The molecule has 2 rings (SSSR count). The zero-order valence-corrected chi connectivity index (χ0v) is 21.4. The summed E-state index contributed by atoms with van der Waals surface area (Å²) in [6, 6.07) is 0. The highest BCUT2D eigenvalue weighted by Crippen LogP contribution is 2.19. The second-order valence-electron chi connectivity index (χ2n) is 10.0. The first-order valence-electron chi connectivity index (χ1n) is 12.4. The van der Waals surface area contributed by atoms with Crippen molar-refractivity contribution in [1.82, 2.24) is 24.0 Å². The fourth-order valence-corrected chi connectivity index (χ4v) is 3.99. The van der Waals surface area contributed by atoms with Crippen molar-refractivity contribution in [3.05, 3.63) is 27.2 Å². The van der Waals surface area contributed by atoms with Gasteiger partial charge in [-0.2, -0.15) is 0 Å². The van der Waals surface area contributed by atoms with E-state index in [1.165, 1.54) is 15.5 Å². The molecule has 0 aliphatic heterocycles. The van der Waals surface area contributed by atoms with E-state index >= 15 is 0 Å². The van der Waals surface area contributed by atoms with Gasteiger partial charge in [0.15, 0.2) is 11.2 Å². The Kier molecular flexibility index (Phi) is 10.7. The molecule has 4 N–H and O–H groups in total. The van der Waals surface area contributed by atoms with E-state index in [4.69, 9.17) is 0 Å². The molecule has 2 aromatic heterocycles. The number of aliphatic hydroxyl groups excluding tert-OH is 3. The molecule has 198 valence electrons. The van der Waals surface area contributed by atoms with Gasteiger partial charge in [0, 0.05) is 32.6 Å². The molecule has 35 heavy (non-hydrogen) atoms. The molecule has 11 nitrogen and oxygen atoms in total. The molecule has 2 heterocycles. The molecule has 2 atom stereocenters. The van der Waals surface area contributed by atoms with Crippen LogP contribution in [0.5, 0.6) is 0 Å². The number of nitrogens with zero attached hydrogens (tertiary/aromatic N) is 4. The van der Waals surface area contributed by atoms with Crippen LogP contribution in [0.2, 0.25) is 0 Å². The molecule has 0 bridgehead atoms. The lowest BCUT2D eigenvalue weighted by molar-refractivity contribution is -0.137. The summed E-state index contributed by atoms with van der Waals surface area (Å²) in [6.07, 6.45) is 6.59. The number of nitrogens with one attached hydrogen (secondary N) is 1. The van der Waals surface area contributed by atoms with Crippen LogP contribution in [-0.4, -0.2) is 65.3 Å². The Morgan fingerprint density at radius 1 is 1.06 bits per heavy atom. The van der Waals surface area contributed by atoms with Crippen LogP contribution in [0.25, 0.3) is 11.2 Å². The van der Waals surface area contributed by atoms with Gasteiger partial charge in [-0.05, 0) is 12.8 Å². The molecule has 0 spiro atoms. The largest absolute Gasteiger partial charge is 0.396 e. The van der Waals surface area contributed by atoms with Gasteiger partial charge < -0.3 is 25.2 Å². The highest BCUT2D eigenvalue weighted by molar-refractivity contribution is 5.81. The lowest BCUT2D eigenvalue weighted by atomic mass is 9.87. The van der Waals surface area contributed by atoms with Gasteiger partial charge in [-0.3, -0.25) is 18.7 Å². The Bertz CT molecular complexity index is 1090. The van der Waals surface area contributed by atoms with E-state index in [-0.39, 0.29) is 24.4 Å². The van der Waals surface area contributed by atoms with E-state index in [0.29, 0.717) is 24.1 Å². The Morgan fingerprint density at radius 3 is 2.29 bits per heavy atom. The molecule has 0 aliphatic rings. The van der Waals surface area contributed by atoms with Gasteiger partial charge in [0.1, 0.15) is 6.10 Å². The van der Waals surface area contributed by atoms with Crippen molar-refractivity contribution in [2.24, 2.45) is 19.5 Å². The molecule has 2 aromatic rings. The lowest BCUT2D eigenvalue weighted by Gasteiger charge is -2.27. The number of aliphatic hydroxyl groups is 3. The number of unbranched alkanes of at least 4 members (excludes halogenated alkanes) is 6. The molecule has 0 fully saturated rings. The smallest absolute Gasteiger partial charge is 0.332 e. The van der Waals surface area contributed by atoms with Crippen LogP contribution >= 0.6 is 0 Å². The molecule has 0 aliphatic carbocycles. The van der Waals surface area contributed by atoms with Crippen molar-refractivity contribution < 1.29 is 20.1 Å². The second-order valence-corrected chi connectivity index (χ2v) is 10.0. The van der Waals surface area contributed by atoms with Crippen molar-refractivity contribution in [2.45, 2.75) is 84.0 Å². The fourth-order valence-electron chi connectivity index (χ4n) is 3.99. The number of amides is 1. The van der Waals surface area contributed by atoms with Crippen LogP contribution in [0.1, 0.15) is 65.2 Å². The summed E-state index contributed by atoms with van der Waals surface area (Å²) in [5.74, 6) is -0.594. The number of rotatable bonds is 15. The highest BCUT2D eigenvalue weighted by Gasteiger charge is 2.32. The van der Waals surface area contributed by atoms with Crippen LogP contribution in [0, 0.1) is 5.41 Å². The molecular weight excluding hydrogens is 454 g/mol. The number of hydrogen-bond acceptors (Lipinski definition) is 7. The van der Waals surface area contributed by atoms with Crippen molar-refractivity contribution in [1.29, 1.82) is 0 Å². The van der Waals surface area contributed by atoms with Gasteiger partial charge in [0.05, 0.1) is 19.0 Å². The van der Waals surface area contributed by atoms with E-state index in [1.807, 2.05) is 0 Å². The van der Waals surface area contributed by atoms with Crippen LogP contribution in [0.3, 0.4) is 0 Å². The summed E-state index contributed by atoms with van der Waals surface area (Å²) >= 11 is 0. The zero-order chi connectivity index (χ0) is 26.2. The van der Waals surface area contributed by atoms with Crippen LogP contribution < -0.4 is 16.6 Å². The second kappa shape index (κ2) is 13.0. The Labute approximate surface area is 205 Å². The average molecular weight is 496 g/mol. The van der Waals surface area contributed by atoms with Gasteiger partial charge in [-0.15, -0.1) is 0 Å². The summed E-state index contributed by atoms with van der Waals surface area (Å²) in [7, 11) is 3.37. The standard InChI is InChI=1S/C24H41N5O6/c1-24(2,15-30)19(32)21(33)25-14-17(31)12-10-8-6-5-7-9-11-13-29-22(34)18-20(26-16-27(18)3)28(4)23(29)35/h16-17,19,30-32H,5-15H2,1-4H3,(H,25,33). The Morgan fingerprint density at radius 2 is 1.66 bits per heavy atom. The summed E-state index contributed by atoms with van der Waals surface area (Å²) in [5, 5.41) is 31.8. The molecule has 0 aromatic carbocycles. The van der Waals surface area contributed by atoms with Crippen molar-refractivity contribution in [3.63, 3.8) is 0 Å². The molecular formula is C24H41N5O6. The monoisotopic (exact) mass is 495 g/mol. The summed E-state index contributed by atoms with van der Waals surface area (Å²) in [6.45, 7) is 3.32.